The summed E-state index contributed by atoms with van der Waals surface area (Å²) < 4.78 is 6.20. The average Bonchev–Trinajstić information content (AvgIpc) is 2.98. The molecule has 0 aromatic heterocycles. The standard InChI is InChI=1S/C19H25N3O5/c1-12-13(22(25)26)7-8-14-16(12)17(21-9-5-6-15(21)24)18(19(2,3)27-14)20(4)10-11-23/h7-8,23H,5-6,9-11H2,1-4H3. The third-order valence-electron chi connectivity index (χ3n) is 5.15. The molecule has 1 saturated heterocycles. The van der Waals surface area contributed by atoms with Gasteiger partial charge in [-0.15, -0.1) is 0 Å². The highest BCUT2D eigenvalue weighted by molar-refractivity contribution is 5.92. The van der Waals surface area contributed by atoms with Crippen LogP contribution < -0.4 is 4.74 Å². The minimum atomic E-state index is -0.766. The van der Waals surface area contributed by atoms with E-state index in [1.807, 2.05) is 25.8 Å². The zero-order chi connectivity index (χ0) is 19.9. The fourth-order valence-corrected chi connectivity index (χ4v) is 4.03. The highest BCUT2D eigenvalue weighted by atomic mass is 16.6. The van der Waals surface area contributed by atoms with Crippen LogP contribution >= 0.6 is 0 Å². The smallest absolute Gasteiger partial charge is 0.273 e. The lowest BCUT2D eigenvalue weighted by molar-refractivity contribution is -0.385. The largest absolute Gasteiger partial charge is 0.481 e. The third-order valence-corrected chi connectivity index (χ3v) is 5.15. The number of nitro groups is 1. The van der Waals surface area contributed by atoms with E-state index in [4.69, 9.17) is 4.74 Å². The molecule has 0 radical (unpaired) electrons. The topological polar surface area (TPSA) is 96.2 Å². The number of likely N-dealkylation sites (tertiary alicyclic amines) is 1. The molecule has 2 aliphatic heterocycles. The molecule has 2 heterocycles. The number of amides is 1. The second-order valence-corrected chi connectivity index (χ2v) is 7.44. The van der Waals surface area contributed by atoms with Crippen LogP contribution in [-0.2, 0) is 4.79 Å². The summed E-state index contributed by atoms with van der Waals surface area (Å²) in [7, 11) is 1.83. The summed E-state index contributed by atoms with van der Waals surface area (Å²) in [5.41, 5.74) is 1.67. The van der Waals surface area contributed by atoms with Gasteiger partial charge in [-0.25, -0.2) is 0 Å². The van der Waals surface area contributed by atoms with Crippen molar-refractivity contribution in [2.24, 2.45) is 0 Å². The molecule has 1 aromatic rings. The van der Waals surface area contributed by atoms with Crippen molar-refractivity contribution in [3.8, 4) is 5.75 Å². The molecule has 0 unspecified atom stereocenters. The normalized spacial score (nSPS) is 18.4. The minimum absolute atomic E-state index is 0.00513. The second kappa shape index (κ2) is 6.84. The second-order valence-electron chi connectivity index (χ2n) is 7.44. The van der Waals surface area contributed by atoms with E-state index < -0.39 is 10.5 Å². The zero-order valence-corrected chi connectivity index (χ0v) is 16.1. The molecule has 27 heavy (non-hydrogen) atoms. The van der Waals surface area contributed by atoms with E-state index >= 15 is 0 Å². The summed E-state index contributed by atoms with van der Waals surface area (Å²) in [5.74, 6) is 0.522. The number of carbonyl (C=O) groups is 1. The number of nitro benzene ring substituents is 1. The van der Waals surface area contributed by atoms with Gasteiger partial charge in [0.25, 0.3) is 5.69 Å². The van der Waals surface area contributed by atoms with Crippen LogP contribution in [0.4, 0.5) is 5.69 Å². The number of likely N-dealkylation sites (N-methyl/N-ethyl adjacent to an activating group) is 1. The van der Waals surface area contributed by atoms with Gasteiger partial charge in [-0.2, -0.15) is 0 Å². The number of hydrogen-bond acceptors (Lipinski definition) is 6. The Bertz CT molecular complexity index is 831. The molecule has 2 aliphatic rings. The highest BCUT2D eigenvalue weighted by Gasteiger charge is 2.43. The first-order valence-electron chi connectivity index (χ1n) is 9.03. The number of aliphatic hydroxyl groups is 1. The fraction of sp³-hybridized carbons (Fsp3) is 0.526. The van der Waals surface area contributed by atoms with Crippen molar-refractivity contribution in [2.75, 3.05) is 26.7 Å². The summed E-state index contributed by atoms with van der Waals surface area (Å²) in [5, 5.41) is 20.9. The molecule has 0 atom stereocenters. The Hall–Kier alpha value is -2.61. The Balaban J connectivity index is 2.34. The molecular weight excluding hydrogens is 350 g/mol. The van der Waals surface area contributed by atoms with Crippen molar-refractivity contribution < 1.29 is 19.6 Å². The number of rotatable bonds is 5. The first-order valence-corrected chi connectivity index (χ1v) is 9.03. The number of hydrogen-bond donors (Lipinski definition) is 1. The molecule has 1 aromatic carbocycles. The van der Waals surface area contributed by atoms with Gasteiger partial charge in [-0.3, -0.25) is 14.9 Å². The summed E-state index contributed by atoms with van der Waals surface area (Å²) >= 11 is 0. The van der Waals surface area contributed by atoms with E-state index in [9.17, 15) is 20.0 Å². The van der Waals surface area contributed by atoms with Gasteiger partial charge in [0.2, 0.25) is 5.91 Å². The molecule has 8 heteroatoms. The molecule has 0 saturated carbocycles. The number of carbonyl (C=O) groups excluding carboxylic acids is 1. The molecule has 0 spiro atoms. The van der Waals surface area contributed by atoms with Crippen LogP contribution in [0.15, 0.2) is 17.8 Å². The maximum Gasteiger partial charge on any atom is 0.273 e. The van der Waals surface area contributed by atoms with Gasteiger partial charge in [0, 0.05) is 38.2 Å². The van der Waals surface area contributed by atoms with E-state index in [0.717, 1.165) is 12.1 Å². The minimum Gasteiger partial charge on any atom is -0.481 e. The number of benzene rings is 1. The van der Waals surface area contributed by atoms with Gasteiger partial charge in [0.05, 0.1) is 28.5 Å². The van der Waals surface area contributed by atoms with Gasteiger partial charge in [0.1, 0.15) is 11.4 Å². The van der Waals surface area contributed by atoms with Crippen LogP contribution in [0.25, 0.3) is 5.70 Å². The molecule has 1 amide bonds. The summed E-state index contributed by atoms with van der Waals surface area (Å²) in [6.45, 7) is 6.34. The lowest BCUT2D eigenvalue weighted by Crippen LogP contribution is -2.45. The monoisotopic (exact) mass is 375 g/mol. The molecule has 0 bridgehead atoms. The zero-order valence-electron chi connectivity index (χ0n) is 16.1. The Kier molecular flexibility index (Phi) is 4.86. The SMILES string of the molecule is Cc1c([N+](=O)[O-])ccc2c1C(N1CCCC1=O)=C(N(C)CCO)C(C)(C)O2. The number of aliphatic hydroxyl groups excluding tert-OH is 1. The van der Waals surface area contributed by atoms with Crippen molar-refractivity contribution in [3.05, 3.63) is 39.1 Å². The van der Waals surface area contributed by atoms with Crippen molar-refractivity contribution in [2.45, 2.75) is 39.2 Å². The van der Waals surface area contributed by atoms with E-state index in [-0.39, 0.29) is 18.2 Å². The van der Waals surface area contributed by atoms with Gasteiger partial charge < -0.3 is 19.6 Å². The number of fused-ring (bicyclic) bond motifs is 1. The van der Waals surface area contributed by atoms with Crippen molar-refractivity contribution in [1.82, 2.24) is 9.80 Å². The lowest BCUT2D eigenvalue weighted by atomic mass is 9.90. The van der Waals surface area contributed by atoms with Crippen LogP contribution in [0.5, 0.6) is 5.75 Å². The van der Waals surface area contributed by atoms with E-state index in [1.54, 1.807) is 17.9 Å². The molecule has 146 valence electrons. The molecule has 1 fully saturated rings. The Morgan fingerprint density at radius 3 is 2.67 bits per heavy atom. The van der Waals surface area contributed by atoms with E-state index in [2.05, 4.69) is 0 Å². The highest BCUT2D eigenvalue weighted by Crippen LogP contribution is 2.47. The summed E-state index contributed by atoms with van der Waals surface area (Å²) in [4.78, 5) is 27.2. The van der Waals surface area contributed by atoms with E-state index in [0.29, 0.717) is 42.1 Å². The average molecular weight is 375 g/mol. The number of nitrogens with zero attached hydrogens (tertiary/aromatic N) is 3. The van der Waals surface area contributed by atoms with Gasteiger partial charge >= 0.3 is 0 Å². The quantitative estimate of drug-likeness (QED) is 0.627. The number of ether oxygens (including phenoxy) is 1. The van der Waals surface area contributed by atoms with Crippen LogP contribution in [0.2, 0.25) is 0 Å². The van der Waals surface area contributed by atoms with Crippen LogP contribution in [0.3, 0.4) is 0 Å². The van der Waals surface area contributed by atoms with Crippen molar-refractivity contribution in [1.29, 1.82) is 0 Å². The maximum atomic E-state index is 12.6. The van der Waals surface area contributed by atoms with Crippen LogP contribution in [0, 0.1) is 17.0 Å². The van der Waals surface area contributed by atoms with Crippen molar-refractivity contribution >= 4 is 17.3 Å². The first kappa shape index (κ1) is 19.2. The predicted molar refractivity (Wildman–Crippen MR) is 100 cm³/mol. The maximum absolute atomic E-state index is 12.6. The third kappa shape index (κ3) is 3.14. The predicted octanol–water partition coefficient (Wildman–Crippen LogP) is 2.29. The van der Waals surface area contributed by atoms with Crippen molar-refractivity contribution in [3.63, 3.8) is 0 Å². The molecule has 3 rings (SSSR count). The van der Waals surface area contributed by atoms with Crippen LogP contribution in [0.1, 0.15) is 37.8 Å². The Morgan fingerprint density at radius 1 is 1.41 bits per heavy atom. The Morgan fingerprint density at radius 2 is 2.11 bits per heavy atom. The first-order chi connectivity index (χ1) is 12.7. The lowest BCUT2D eigenvalue weighted by Gasteiger charge is -2.43. The fourth-order valence-electron chi connectivity index (χ4n) is 4.03. The Labute approximate surface area is 158 Å². The summed E-state index contributed by atoms with van der Waals surface area (Å²) in [6.07, 6.45) is 1.19. The van der Waals surface area contributed by atoms with Gasteiger partial charge in [0.15, 0.2) is 0 Å². The molecular formula is C19H25N3O5. The summed E-state index contributed by atoms with van der Waals surface area (Å²) in [6, 6.07) is 3.04. The molecule has 0 aliphatic carbocycles. The van der Waals surface area contributed by atoms with Gasteiger partial charge in [-0.1, -0.05) is 0 Å². The van der Waals surface area contributed by atoms with E-state index in [1.165, 1.54) is 6.07 Å². The van der Waals surface area contributed by atoms with Crippen LogP contribution in [-0.4, -0.2) is 58.1 Å². The molecule has 1 N–H and O–H groups in total. The van der Waals surface area contributed by atoms with Gasteiger partial charge in [-0.05, 0) is 33.3 Å². The molecule has 8 nitrogen and oxygen atoms in total.